The van der Waals surface area contributed by atoms with Gasteiger partial charge in [-0.25, -0.2) is 0 Å². The number of nitrogens with one attached hydrogen (secondary N) is 3. The van der Waals surface area contributed by atoms with Crippen LogP contribution in [0.25, 0.3) is 22.4 Å². The summed E-state index contributed by atoms with van der Waals surface area (Å²) >= 11 is 0. The molecular weight excluding hydrogens is 640 g/mol. The standard InChI is InChI=1S/C27H35N7O2.C7H11NO4.C2H6/c1-17(2)34-23(19-13-8-5-9-14-19)21(18-11-6-4-7-12-18)22(25(34)31-3)26(36)33-20(24(28)35)15-10-16-32-27(29)30;1-5(10)8-6(4-9)2-3-7(11)12;1-2/h4-9,11-14,17,20,31H,10,15-16H2,1-3H3,(H2,28,35)(H,33,36)(H4,29,30,32);4,6H,2-3H2,1H3,(H,8,10)(H,11,12);1-2H3. The molecule has 2 aromatic carbocycles. The molecule has 272 valence electrons. The molecule has 0 aliphatic carbocycles. The molecule has 3 aromatic rings. The molecular formula is C36H52N8O6. The number of aliphatic imine (C=N–C) groups is 1. The van der Waals surface area contributed by atoms with Crippen LogP contribution in [0, 0.1) is 0 Å². The Balaban J connectivity index is 0.000000756. The van der Waals surface area contributed by atoms with Gasteiger partial charge in [0, 0.05) is 38.5 Å². The number of carbonyl (C=O) groups excluding carboxylic acids is 4. The Morgan fingerprint density at radius 1 is 0.900 bits per heavy atom. The van der Waals surface area contributed by atoms with E-state index in [1.165, 1.54) is 6.92 Å². The minimum atomic E-state index is -0.979. The Hall–Kier alpha value is -5.66. The second-order valence-corrected chi connectivity index (χ2v) is 11.1. The van der Waals surface area contributed by atoms with E-state index in [2.05, 4.69) is 39.4 Å². The van der Waals surface area contributed by atoms with Crippen molar-refractivity contribution in [1.82, 2.24) is 15.2 Å². The van der Waals surface area contributed by atoms with Crippen LogP contribution < -0.4 is 33.2 Å². The number of carboxylic acids is 1. The van der Waals surface area contributed by atoms with E-state index in [4.69, 9.17) is 22.3 Å². The Bertz CT molecular complexity index is 1570. The number of aromatic nitrogens is 1. The number of hydrogen-bond donors (Lipinski definition) is 7. The summed E-state index contributed by atoms with van der Waals surface area (Å²) in [5.74, 6) is -1.69. The van der Waals surface area contributed by atoms with Gasteiger partial charge in [-0.15, -0.1) is 0 Å². The minimum absolute atomic E-state index is 0.0238. The van der Waals surface area contributed by atoms with Gasteiger partial charge < -0.3 is 47.6 Å². The van der Waals surface area contributed by atoms with Crippen molar-refractivity contribution >= 4 is 41.8 Å². The third-order valence-electron chi connectivity index (χ3n) is 7.11. The molecule has 14 nitrogen and oxygen atoms in total. The van der Waals surface area contributed by atoms with E-state index in [0.29, 0.717) is 37.1 Å². The SMILES string of the molecule is CC.CC(=O)NC(C=O)CCC(=O)O.CNc1c(C(=O)NC(CCCN=C(N)N)C(N)=O)c(-c2ccccc2)c(-c2ccccc2)n1C(C)C. The molecule has 0 aliphatic heterocycles. The van der Waals surface area contributed by atoms with E-state index < -0.39 is 24.0 Å². The van der Waals surface area contributed by atoms with Gasteiger partial charge in [-0.1, -0.05) is 74.5 Å². The summed E-state index contributed by atoms with van der Waals surface area (Å²) in [6, 6.07) is 18.2. The van der Waals surface area contributed by atoms with Gasteiger partial charge in [-0.3, -0.25) is 24.2 Å². The van der Waals surface area contributed by atoms with Crippen molar-refractivity contribution in [2.24, 2.45) is 22.2 Å². The number of anilines is 1. The van der Waals surface area contributed by atoms with Crippen molar-refractivity contribution < 1.29 is 29.1 Å². The summed E-state index contributed by atoms with van der Waals surface area (Å²) in [6.45, 7) is 9.75. The minimum Gasteiger partial charge on any atom is -0.481 e. The largest absolute Gasteiger partial charge is 0.481 e. The first kappa shape index (κ1) is 42.4. The fraction of sp³-hybridized carbons (Fsp3) is 0.389. The number of primary amides is 1. The Morgan fingerprint density at radius 2 is 1.46 bits per heavy atom. The van der Waals surface area contributed by atoms with Gasteiger partial charge in [0.05, 0.1) is 17.3 Å². The quantitative estimate of drug-likeness (QED) is 0.0501. The number of aldehydes is 1. The van der Waals surface area contributed by atoms with Crippen molar-refractivity contribution in [2.75, 3.05) is 18.9 Å². The lowest BCUT2D eigenvalue weighted by Crippen LogP contribution is -2.44. The molecule has 50 heavy (non-hydrogen) atoms. The van der Waals surface area contributed by atoms with Crippen molar-refractivity contribution in [1.29, 1.82) is 0 Å². The average molecular weight is 693 g/mol. The van der Waals surface area contributed by atoms with Crippen LogP contribution in [0.2, 0.25) is 0 Å². The molecule has 3 amide bonds. The maximum Gasteiger partial charge on any atom is 0.303 e. The van der Waals surface area contributed by atoms with Crippen LogP contribution in [0.5, 0.6) is 0 Å². The number of rotatable bonds is 16. The summed E-state index contributed by atoms with van der Waals surface area (Å²) in [4.78, 5) is 60.8. The highest BCUT2D eigenvalue weighted by Crippen LogP contribution is 2.43. The number of hydrogen-bond acceptors (Lipinski definition) is 7. The third-order valence-corrected chi connectivity index (χ3v) is 7.11. The number of aliphatic carboxylic acids is 1. The van der Waals surface area contributed by atoms with Crippen LogP contribution in [0.3, 0.4) is 0 Å². The van der Waals surface area contributed by atoms with Gasteiger partial charge in [0.15, 0.2) is 5.96 Å². The number of nitrogens with two attached hydrogens (primary N) is 3. The van der Waals surface area contributed by atoms with E-state index in [-0.39, 0.29) is 36.7 Å². The summed E-state index contributed by atoms with van der Waals surface area (Å²) in [7, 11) is 1.79. The zero-order valence-electron chi connectivity index (χ0n) is 29.7. The monoisotopic (exact) mass is 692 g/mol. The molecule has 1 aromatic heterocycles. The first-order chi connectivity index (χ1) is 23.8. The lowest BCUT2D eigenvalue weighted by Gasteiger charge is -2.18. The zero-order valence-corrected chi connectivity index (χ0v) is 29.7. The van der Waals surface area contributed by atoms with Crippen molar-refractivity contribution in [3.05, 3.63) is 66.2 Å². The van der Waals surface area contributed by atoms with Crippen LogP contribution >= 0.6 is 0 Å². The normalized spacial score (nSPS) is 11.3. The van der Waals surface area contributed by atoms with Gasteiger partial charge in [-0.2, -0.15) is 0 Å². The number of carboxylic acid groups (broad SMARTS) is 1. The first-order valence-corrected chi connectivity index (χ1v) is 16.5. The van der Waals surface area contributed by atoms with Gasteiger partial charge in [-0.05, 0) is 44.2 Å². The highest BCUT2D eigenvalue weighted by Gasteiger charge is 2.31. The summed E-state index contributed by atoms with van der Waals surface area (Å²) < 4.78 is 2.12. The number of carbonyl (C=O) groups is 5. The molecule has 1 heterocycles. The topological polar surface area (TPSA) is 237 Å². The van der Waals surface area contributed by atoms with Gasteiger partial charge >= 0.3 is 5.97 Å². The number of nitrogens with zero attached hydrogens (tertiary/aromatic N) is 2. The highest BCUT2D eigenvalue weighted by atomic mass is 16.4. The van der Waals surface area contributed by atoms with Crippen LogP contribution in [-0.2, 0) is 19.2 Å². The number of benzene rings is 2. The zero-order chi connectivity index (χ0) is 37.8. The lowest BCUT2D eigenvalue weighted by atomic mass is 9.96. The number of guanidine groups is 1. The molecule has 0 bridgehead atoms. The van der Waals surface area contributed by atoms with Gasteiger partial charge in [0.25, 0.3) is 5.91 Å². The molecule has 0 radical (unpaired) electrons. The van der Waals surface area contributed by atoms with Crippen LogP contribution in [0.4, 0.5) is 5.82 Å². The van der Waals surface area contributed by atoms with E-state index in [1.54, 1.807) is 7.05 Å². The Kier molecular flexibility index (Phi) is 18.7. The summed E-state index contributed by atoms with van der Waals surface area (Å²) in [5.41, 5.74) is 20.4. The predicted octanol–water partition coefficient (Wildman–Crippen LogP) is 3.66. The molecule has 0 fully saturated rings. The van der Waals surface area contributed by atoms with Crippen molar-refractivity contribution in [2.45, 2.75) is 78.4 Å². The van der Waals surface area contributed by atoms with E-state index >= 15 is 0 Å². The second kappa shape index (κ2) is 22.1. The van der Waals surface area contributed by atoms with Crippen LogP contribution in [-0.4, -0.2) is 71.3 Å². The van der Waals surface area contributed by atoms with E-state index in [0.717, 1.165) is 22.4 Å². The van der Waals surface area contributed by atoms with Gasteiger partial charge in [0.1, 0.15) is 18.1 Å². The number of amides is 3. The van der Waals surface area contributed by atoms with E-state index in [9.17, 15) is 24.0 Å². The fourth-order valence-electron chi connectivity index (χ4n) is 5.07. The third kappa shape index (κ3) is 13.1. The maximum atomic E-state index is 13.9. The molecule has 2 unspecified atom stereocenters. The van der Waals surface area contributed by atoms with Crippen LogP contribution in [0.1, 0.15) is 76.7 Å². The maximum absolute atomic E-state index is 13.9. The van der Waals surface area contributed by atoms with E-state index in [1.807, 2.05) is 74.5 Å². The summed E-state index contributed by atoms with van der Waals surface area (Å²) in [6.07, 6.45) is 1.34. The molecule has 0 saturated carbocycles. The molecule has 0 aliphatic rings. The fourth-order valence-corrected chi connectivity index (χ4v) is 5.07. The average Bonchev–Trinajstić information content (AvgIpc) is 3.45. The van der Waals surface area contributed by atoms with Gasteiger partial charge in [0.2, 0.25) is 11.8 Å². The Labute approximate surface area is 293 Å². The van der Waals surface area contributed by atoms with Crippen molar-refractivity contribution in [3.8, 4) is 22.4 Å². The molecule has 14 heteroatoms. The summed E-state index contributed by atoms with van der Waals surface area (Å²) in [5, 5.41) is 16.7. The highest BCUT2D eigenvalue weighted by molar-refractivity contribution is 6.10. The predicted molar refractivity (Wildman–Crippen MR) is 197 cm³/mol. The molecule has 3 rings (SSSR count). The molecule has 0 saturated heterocycles. The van der Waals surface area contributed by atoms with Crippen molar-refractivity contribution in [3.63, 3.8) is 0 Å². The molecule has 2 atom stereocenters. The smallest absolute Gasteiger partial charge is 0.303 e. The lowest BCUT2D eigenvalue weighted by molar-refractivity contribution is -0.137. The molecule has 10 N–H and O–H groups in total. The first-order valence-electron chi connectivity index (χ1n) is 16.5. The molecule has 0 spiro atoms. The van der Waals surface area contributed by atoms with Crippen LogP contribution in [0.15, 0.2) is 65.7 Å². The Morgan fingerprint density at radius 3 is 1.90 bits per heavy atom. The second-order valence-electron chi connectivity index (χ2n) is 11.1.